The molecule has 0 bridgehead atoms. The van der Waals surface area contributed by atoms with Gasteiger partial charge in [-0.2, -0.15) is 0 Å². The summed E-state index contributed by atoms with van der Waals surface area (Å²) in [7, 11) is 2.24. The Balaban J connectivity index is 1.89. The maximum atomic E-state index is 3.54. The predicted molar refractivity (Wildman–Crippen MR) is 68.7 cm³/mol. The van der Waals surface area contributed by atoms with E-state index >= 15 is 0 Å². The lowest BCUT2D eigenvalue weighted by atomic mass is 9.83. The lowest BCUT2D eigenvalue weighted by Crippen LogP contribution is -2.53. The topological polar surface area (TPSA) is 18.5 Å². The van der Waals surface area contributed by atoms with Crippen LogP contribution >= 0.6 is 0 Å². The van der Waals surface area contributed by atoms with Gasteiger partial charge in [0.1, 0.15) is 0 Å². The fourth-order valence-electron chi connectivity index (χ4n) is 3.09. The molecule has 16 heavy (non-hydrogen) atoms. The van der Waals surface area contributed by atoms with E-state index in [1.54, 1.807) is 0 Å². The van der Waals surface area contributed by atoms with Gasteiger partial charge < -0.3 is 10.2 Å². The molecule has 0 spiro atoms. The van der Waals surface area contributed by atoms with Crippen LogP contribution in [-0.2, 0) is 0 Å². The molecule has 0 aliphatic carbocycles. The number of nitrogens with zero attached hydrogens (tertiary/aromatic N) is 2. The molecule has 0 radical (unpaired) electrons. The lowest BCUT2D eigenvalue weighted by Gasteiger charge is -2.42. The number of piperazine rings is 1. The van der Waals surface area contributed by atoms with Crippen LogP contribution < -0.4 is 5.32 Å². The normalized spacial score (nSPS) is 38.1. The average Bonchev–Trinajstić information content (AvgIpc) is 2.73. The van der Waals surface area contributed by atoms with E-state index in [1.165, 1.54) is 52.1 Å². The first-order valence-corrected chi connectivity index (χ1v) is 6.78. The zero-order chi connectivity index (χ0) is 11.6. The minimum atomic E-state index is 0.565. The number of nitrogens with one attached hydrogen (secondary N) is 1. The van der Waals surface area contributed by atoms with Gasteiger partial charge in [-0.25, -0.2) is 0 Å². The van der Waals surface area contributed by atoms with Gasteiger partial charge in [0.25, 0.3) is 0 Å². The summed E-state index contributed by atoms with van der Waals surface area (Å²) in [6.07, 6.45) is 2.69. The minimum absolute atomic E-state index is 0.565. The fraction of sp³-hybridized carbons (Fsp3) is 1.00. The van der Waals surface area contributed by atoms with Crippen molar-refractivity contribution in [1.82, 2.24) is 15.1 Å². The molecule has 3 nitrogen and oxygen atoms in total. The van der Waals surface area contributed by atoms with Gasteiger partial charge in [0, 0.05) is 38.8 Å². The smallest absolute Gasteiger partial charge is 0.0192 e. The molecule has 0 aromatic carbocycles. The van der Waals surface area contributed by atoms with Gasteiger partial charge in [-0.15, -0.1) is 0 Å². The largest absolute Gasteiger partial charge is 0.316 e. The summed E-state index contributed by atoms with van der Waals surface area (Å²) in [5.74, 6) is 0. The van der Waals surface area contributed by atoms with Crippen LogP contribution in [0.4, 0.5) is 0 Å². The highest BCUT2D eigenvalue weighted by atomic mass is 15.3. The maximum Gasteiger partial charge on any atom is 0.0192 e. The van der Waals surface area contributed by atoms with Crippen molar-refractivity contribution in [3.05, 3.63) is 0 Å². The second kappa shape index (κ2) is 5.03. The molecule has 0 aromatic heterocycles. The van der Waals surface area contributed by atoms with Crippen molar-refractivity contribution in [1.29, 1.82) is 0 Å². The van der Waals surface area contributed by atoms with Crippen molar-refractivity contribution < 1.29 is 0 Å². The van der Waals surface area contributed by atoms with E-state index in [0.717, 1.165) is 6.04 Å². The number of rotatable bonds is 3. The minimum Gasteiger partial charge on any atom is -0.316 e. The molecule has 2 aliphatic rings. The molecule has 2 rings (SSSR count). The standard InChI is InChI=1S/C13H27N3/c1-4-13(5-6-14-10-13)11-16-8-7-15(3)12(2)9-16/h12,14H,4-11H2,1-3H3. The third-order valence-corrected chi connectivity index (χ3v) is 4.68. The third kappa shape index (κ3) is 2.58. The zero-order valence-electron chi connectivity index (χ0n) is 11.1. The first-order chi connectivity index (χ1) is 7.65. The van der Waals surface area contributed by atoms with Gasteiger partial charge >= 0.3 is 0 Å². The first-order valence-electron chi connectivity index (χ1n) is 6.78. The highest BCUT2D eigenvalue weighted by molar-refractivity contribution is 4.91. The van der Waals surface area contributed by atoms with Crippen LogP contribution in [0.5, 0.6) is 0 Å². The molecule has 0 saturated carbocycles. The van der Waals surface area contributed by atoms with Crippen LogP contribution in [-0.4, -0.2) is 62.2 Å². The Kier molecular flexibility index (Phi) is 3.88. The van der Waals surface area contributed by atoms with Crippen molar-refractivity contribution in [3.63, 3.8) is 0 Å². The maximum absolute atomic E-state index is 3.54. The van der Waals surface area contributed by atoms with Gasteiger partial charge in [-0.1, -0.05) is 6.92 Å². The van der Waals surface area contributed by atoms with Gasteiger partial charge in [0.2, 0.25) is 0 Å². The summed E-state index contributed by atoms with van der Waals surface area (Å²) >= 11 is 0. The Morgan fingerprint density at radius 2 is 2.19 bits per heavy atom. The second-order valence-electron chi connectivity index (χ2n) is 5.85. The van der Waals surface area contributed by atoms with E-state index in [1.807, 2.05) is 0 Å². The Morgan fingerprint density at radius 1 is 1.38 bits per heavy atom. The van der Waals surface area contributed by atoms with Crippen LogP contribution in [0, 0.1) is 5.41 Å². The van der Waals surface area contributed by atoms with E-state index in [4.69, 9.17) is 0 Å². The number of likely N-dealkylation sites (N-methyl/N-ethyl adjacent to an activating group) is 1. The monoisotopic (exact) mass is 225 g/mol. The molecule has 2 heterocycles. The summed E-state index contributed by atoms with van der Waals surface area (Å²) in [6.45, 7) is 12.2. The van der Waals surface area contributed by atoms with Gasteiger partial charge in [0.05, 0.1) is 0 Å². The van der Waals surface area contributed by atoms with E-state index in [0.29, 0.717) is 5.41 Å². The molecule has 2 aliphatic heterocycles. The molecule has 2 fully saturated rings. The predicted octanol–water partition coefficient (Wildman–Crippen LogP) is 1.01. The lowest BCUT2D eigenvalue weighted by molar-refractivity contribution is 0.0685. The Morgan fingerprint density at radius 3 is 2.75 bits per heavy atom. The SMILES string of the molecule is CCC1(CN2CCN(C)C(C)C2)CCNC1. The first kappa shape index (κ1) is 12.3. The summed E-state index contributed by atoms with van der Waals surface area (Å²) in [5.41, 5.74) is 0.565. The molecule has 2 saturated heterocycles. The third-order valence-electron chi connectivity index (χ3n) is 4.68. The van der Waals surface area contributed by atoms with E-state index in [9.17, 15) is 0 Å². The molecular formula is C13H27N3. The Labute approximate surface area is 100 Å². The van der Waals surface area contributed by atoms with Crippen LogP contribution in [0.25, 0.3) is 0 Å². The summed E-state index contributed by atoms with van der Waals surface area (Å²) in [4.78, 5) is 5.16. The van der Waals surface area contributed by atoms with Gasteiger partial charge in [0.15, 0.2) is 0 Å². The molecule has 2 unspecified atom stereocenters. The molecule has 0 aromatic rings. The van der Waals surface area contributed by atoms with E-state index in [-0.39, 0.29) is 0 Å². The molecule has 3 heteroatoms. The van der Waals surface area contributed by atoms with Crippen LogP contribution in [0.15, 0.2) is 0 Å². The molecule has 0 amide bonds. The van der Waals surface area contributed by atoms with Crippen LogP contribution in [0.3, 0.4) is 0 Å². The molecule has 2 atom stereocenters. The van der Waals surface area contributed by atoms with Crippen molar-refractivity contribution in [2.45, 2.75) is 32.7 Å². The summed E-state index contributed by atoms with van der Waals surface area (Å²) in [6, 6.07) is 0.719. The second-order valence-corrected chi connectivity index (χ2v) is 5.85. The highest BCUT2D eigenvalue weighted by Gasteiger charge is 2.35. The van der Waals surface area contributed by atoms with Crippen molar-refractivity contribution in [3.8, 4) is 0 Å². The van der Waals surface area contributed by atoms with Gasteiger partial charge in [-0.05, 0) is 38.8 Å². The molecule has 94 valence electrons. The summed E-state index contributed by atoms with van der Waals surface area (Å²) < 4.78 is 0. The van der Waals surface area contributed by atoms with Gasteiger partial charge in [-0.3, -0.25) is 4.90 Å². The quantitative estimate of drug-likeness (QED) is 0.773. The average molecular weight is 225 g/mol. The van der Waals surface area contributed by atoms with E-state index in [2.05, 4.69) is 36.0 Å². The Bertz CT molecular complexity index is 223. The Hall–Kier alpha value is -0.120. The van der Waals surface area contributed by atoms with Crippen molar-refractivity contribution in [2.75, 3.05) is 46.3 Å². The molecular weight excluding hydrogens is 198 g/mol. The van der Waals surface area contributed by atoms with Crippen LogP contribution in [0.1, 0.15) is 26.7 Å². The van der Waals surface area contributed by atoms with E-state index < -0.39 is 0 Å². The fourth-order valence-corrected chi connectivity index (χ4v) is 3.09. The summed E-state index contributed by atoms with van der Waals surface area (Å²) in [5, 5.41) is 3.54. The van der Waals surface area contributed by atoms with Crippen molar-refractivity contribution in [2.24, 2.45) is 5.41 Å². The number of hydrogen-bond acceptors (Lipinski definition) is 3. The zero-order valence-corrected chi connectivity index (χ0v) is 11.1. The molecule has 1 N–H and O–H groups in total. The van der Waals surface area contributed by atoms with Crippen molar-refractivity contribution >= 4 is 0 Å². The number of hydrogen-bond donors (Lipinski definition) is 1. The van der Waals surface area contributed by atoms with Crippen LogP contribution in [0.2, 0.25) is 0 Å². The highest BCUT2D eigenvalue weighted by Crippen LogP contribution is 2.30.